The highest BCUT2D eigenvalue weighted by Crippen LogP contribution is 2.27. The van der Waals surface area contributed by atoms with Crippen LogP contribution in [0.4, 0.5) is 16.5 Å². The molecule has 0 aliphatic carbocycles. The number of azo groups is 1. The SMILES string of the molecule is CCN(CCOS(=O)(=O)OC)c1ccc(N=Nc2nccs2)c(C)c1. The molecule has 1 aromatic carbocycles. The highest BCUT2D eigenvalue weighted by molar-refractivity contribution is 7.81. The molecule has 25 heavy (non-hydrogen) atoms. The van der Waals surface area contributed by atoms with Crippen LogP contribution in [-0.2, 0) is 18.8 Å². The van der Waals surface area contributed by atoms with Crippen LogP contribution in [0.15, 0.2) is 40.0 Å². The molecule has 0 saturated heterocycles. The summed E-state index contributed by atoms with van der Waals surface area (Å²) in [7, 11) is -2.84. The fourth-order valence-electron chi connectivity index (χ4n) is 2.08. The standard InChI is InChI=1S/C15H20N4O4S2/c1-4-19(8-9-23-25(20,21)22-3)13-5-6-14(12(2)11-13)17-18-15-16-7-10-24-15/h5-7,10-11H,4,8-9H2,1-3H3. The van der Waals surface area contributed by atoms with Crippen LogP contribution in [0.5, 0.6) is 0 Å². The molecule has 0 atom stereocenters. The molecule has 0 fully saturated rings. The second-order valence-electron chi connectivity index (χ2n) is 4.96. The second-order valence-corrected chi connectivity index (χ2v) is 7.22. The molecule has 0 N–H and O–H groups in total. The average molecular weight is 384 g/mol. The Balaban J connectivity index is 2.04. The number of hydrogen-bond acceptors (Lipinski definition) is 9. The molecule has 2 rings (SSSR count). The molecule has 2 aromatic rings. The maximum absolute atomic E-state index is 11.2. The van der Waals surface area contributed by atoms with Gasteiger partial charge in [0.25, 0.3) is 0 Å². The summed E-state index contributed by atoms with van der Waals surface area (Å²) in [5.74, 6) is 0. The van der Waals surface area contributed by atoms with E-state index in [2.05, 4.69) is 19.4 Å². The van der Waals surface area contributed by atoms with Gasteiger partial charge in [-0.3, -0.25) is 4.18 Å². The first-order valence-electron chi connectivity index (χ1n) is 7.57. The van der Waals surface area contributed by atoms with Gasteiger partial charge in [0.05, 0.1) is 19.4 Å². The molecule has 0 radical (unpaired) electrons. The van der Waals surface area contributed by atoms with Crippen LogP contribution < -0.4 is 4.90 Å². The molecule has 136 valence electrons. The van der Waals surface area contributed by atoms with Crippen LogP contribution in [0.1, 0.15) is 12.5 Å². The first-order valence-corrected chi connectivity index (χ1v) is 9.78. The number of thiazole rings is 1. The van der Waals surface area contributed by atoms with Crippen LogP contribution in [0.3, 0.4) is 0 Å². The monoisotopic (exact) mass is 384 g/mol. The summed E-state index contributed by atoms with van der Waals surface area (Å²) in [6.45, 7) is 5.05. The first-order chi connectivity index (χ1) is 11.9. The third-order valence-corrected chi connectivity index (χ3v) is 4.90. The van der Waals surface area contributed by atoms with Gasteiger partial charge < -0.3 is 4.90 Å². The molecule has 10 heteroatoms. The van der Waals surface area contributed by atoms with Crippen molar-refractivity contribution in [3.63, 3.8) is 0 Å². The van der Waals surface area contributed by atoms with Gasteiger partial charge in [0.1, 0.15) is 0 Å². The lowest BCUT2D eigenvalue weighted by molar-refractivity contribution is 0.248. The summed E-state index contributed by atoms with van der Waals surface area (Å²) in [4.78, 5) is 6.06. The van der Waals surface area contributed by atoms with E-state index in [1.165, 1.54) is 11.3 Å². The average Bonchev–Trinajstić information content (AvgIpc) is 3.11. The predicted molar refractivity (Wildman–Crippen MR) is 97.2 cm³/mol. The van der Waals surface area contributed by atoms with Crippen molar-refractivity contribution in [3.05, 3.63) is 35.3 Å². The van der Waals surface area contributed by atoms with Crippen molar-refractivity contribution >= 4 is 38.2 Å². The van der Waals surface area contributed by atoms with E-state index >= 15 is 0 Å². The largest absolute Gasteiger partial charge is 0.399 e. The van der Waals surface area contributed by atoms with Crippen LogP contribution in [0.2, 0.25) is 0 Å². The Kier molecular flexibility index (Phi) is 7.00. The van der Waals surface area contributed by atoms with Gasteiger partial charge in [-0.05, 0) is 37.6 Å². The molecule has 0 unspecified atom stereocenters. The summed E-state index contributed by atoms with van der Waals surface area (Å²) in [6, 6.07) is 5.76. The van der Waals surface area contributed by atoms with Gasteiger partial charge in [-0.25, -0.2) is 9.17 Å². The Morgan fingerprint density at radius 1 is 1.32 bits per heavy atom. The van der Waals surface area contributed by atoms with Crippen molar-refractivity contribution in [2.24, 2.45) is 10.2 Å². The van der Waals surface area contributed by atoms with E-state index in [0.717, 1.165) is 24.0 Å². The number of likely N-dealkylation sites (N-methyl/N-ethyl adjacent to an activating group) is 1. The number of rotatable bonds is 9. The quantitative estimate of drug-likeness (QED) is 0.613. The van der Waals surface area contributed by atoms with Crippen molar-refractivity contribution < 1.29 is 16.8 Å². The van der Waals surface area contributed by atoms with Gasteiger partial charge in [0.15, 0.2) is 0 Å². The van der Waals surface area contributed by atoms with E-state index in [1.54, 1.807) is 6.20 Å². The van der Waals surface area contributed by atoms with E-state index in [1.807, 2.05) is 42.3 Å². The summed E-state index contributed by atoms with van der Waals surface area (Å²) >= 11 is 1.42. The zero-order valence-corrected chi connectivity index (χ0v) is 15.9. The summed E-state index contributed by atoms with van der Waals surface area (Å²) in [6.07, 6.45) is 1.68. The molecule has 0 bridgehead atoms. The summed E-state index contributed by atoms with van der Waals surface area (Å²) in [5.41, 5.74) is 2.67. The lowest BCUT2D eigenvalue weighted by Gasteiger charge is -2.23. The number of nitrogens with zero attached hydrogens (tertiary/aromatic N) is 4. The molecule has 1 aromatic heterocycles. The number of aromatic nitrogens is 1. The third-order valence-electron chi connectivity index (χ3n) is 3.38. The van der Waals surface area contributed by atoms with Crippen molar-refractivity contribution in [1.29, 1.82) is 0 Å². The molecule has 0 spiro atoms. The second kappa shape index (κ2) is 8.99. The molecule has 0 aliphatic heterocycles. The maximum atomic E-state index is 11.2. The minimum Gasteiger partial charge on any atom is -0.369 e. The Morgan fingerprint density at radius 2 is 2.12 bits per heavy atom. The van der Waals surface area contributed by atoms with E-state index < -0.39 is 10.4 Å². The minimum absolute atomic E-state index is 0.00850. The smallest absolute Gasteiger partial charge is 0.369 e. The van der Waals surface area contributed by atoms with E-state index in [-0.39, 0.29) is 6.61 Å². The maximum Gasteiger partial charge on any atom is 0.399 e. The van der Waals surface area contributed by atoms with Crippen molar-refractivity contribution in [1.82, 2.24) is 4.98 Å². The lowest BCUT2D eigenvalue weighted by Crippen LogP contribution is -2.28. The number of benzene rings is 1. The number of hydrogen-bond donors (Lipinski definition) is 0. The summed E-state index contributed by atoms with van der Waals surface area (Å²) < 4.78 is 31.4. The summed E-state index contributed by atoms with van der Waals surface area (Å²) in [5, 5.41) is 10.8. The van der Waals surface area contributed by atoms with E-state index in [4.69, 9.17) is 4.18 Å². The van der Waals surface area contributed by atoms with Gasteiger partial charge in [-0.15, -0.1) is 21.6 Å². The topological polar surface area (TPSA) is 93.5 Å². The van der Waals surface area contributed by atoms with Gasteiger partial charge in [0.2, 0.25) is 5.13 Å². The molecular weight excluding hydrogens is 364 g/mol. The zero-order valence-electron chi connectivity index (χ0n) is 14.2. The zero-order chi connectivity index (χ0) is 18.3. The Labute approximate surface area is 151 Å². The fraction of sp³-hybridized carbons (Fsp3) is 0.400. The lowest BCUT2D eigenvalue weighted by atomic mass is 10.1. The minimum atomic E-state index is -3.91. The van der Waals surface area contributed by atoms with E-state index in [0.29, 0.717) is 18.2 Å². The number of anilines is 1. The van der Waals surface area contributed by atoms with Crippen LogP contribution in [0.25, 0.3) is 0 Å². The highest BCUT2D eigenvalue weighted by Gasteiger charge is 2.11. The van der Waals surface area contributed by atoms with Crippen molar-refractivity contribution in [2.75, 3.05) is 31.7 Å². The Hall–Kier alpha value is -1.88. The third kappa shape index (κ3) is 5.85. The molecule has 0 amide bonds. The van der Waals surface area contributed by atoms with Crippen LogP contribution >= 0.6 is 11.3 Å². The Bertz CT molecular complexity index is 807. The van der Waals surface area contributed by atoms with Crippen molar-refractivity contribution in [2.45, 2.75) is 13.8 Å². The van der Waals surface area contributed by atoms with Gasteiger partial charge in [-0.2, -0.15) is 8.42 Å². The molecule has 8 nitrogen and oxygen atoms in total. The molecule has 0 saturated carbocycles. The molecule has 1 heterocycles. The molecule has 0 aliphatic rings. The van der Waals surface area contributed by atoms with Crippen LogP contribution in [-0.4, -0.2) is 40.2 Å². The number of aryl methyl sites for hydroxylation is 1. The normalized spacial score (nSPS) is 12.0. The van der Waals surface area contributed by atoms with Crippen LogP contribution in [0, 0.1) is 6.92 Å². The van der Waals surface area contributed by atoms with Gasteiger partial charge in [-0.1, -0.05) is 0 Å². The Morgan fingerprint density at radius 3 is 2.72 bits per heavy atom. The van der Waals surface area contributed by atoms with E-state index in [9.17, 15) is 8.42 Å². The predicted octanol–water partition coefficient (Wildman–Crippen LogP) is 3.60. The fourth-order valence-corrected chi connectivity index (χ4v) is 2.91. The van der Waals surface area contributed by atoms with Gasteiger partial charge >= 0.3 is 10.4 Å². The molecular formula is C15H20N4O4S2. The first kappa shape index (κ1) is 19.4. The highest BCUT2D eigenvalue weighted by atomic mass is 32.3. The van der Waals surface area contributed by atoms with Gasteiger partial charge in [0, 0.05) is 30.4 Å². The van der Waals surface area contributed by atoms with Crippen molar-refractivity contribution in [3.8, 4) is 0 Å².